The van der Waals surface area contributed by atoms with Gasteiger partial charge in [-0.1, -0.05) is 19.0 Å². The van der Waals surface area contributed by atoms with Crippen LogP contribution < -0.4 is 0 Å². The number of hydrogen-bond acceptors (Lipinski definition) is 6. The molecule has 0 atom stereocenters. The van der Waals surface area contributed by atoms with Gasteiger partial charge in [-0.05, 0) is 30.2 Å². The molecule has 1 fully saturated rings. The van der Waals surface area contributed by atoms with Crippen molar-refractivity contribution in [2.24, 2.45) is 5.92 Å². The topological polar surface area (TPSA) is 82.7 Å². The fraction of sp³-hybridized carbons (Fsp3) is 0.500. The number of carbonyl (C=O) groups is 1. The van der Waals surface area contributed by atoms with Crippen LogP contribution in [0.15, 0.2) is 28.8 Å². The highest BCUT2D eigenvalue weighted by Crippen LogP contribution is 2.14. The standard InChI is InChI=1S/C18H24N4O3/c1-13(2)11-16-19-17(25-20-16)12-21-7-9-22(10-8-21)18(24)14-3-5-15(23)6-4-14/h3-6,13,23H,7-12H2,1-2H3. The Labute approximate surface area is 147 Å². The number of nitrogens with zero attached hydrogens (tertiary/aromatic N) is 4. The number of phenolic OH excluding ortho intramolecular Hbond substituents is 1. The van der Waals surface area contributed by atoms with Gasteiger partial charge in [-0.2, -0.15) is 4.98 Å². The Morgan fingerprint density at radius 3 is 2.52 bits per heavy atom. The van der Waals surface area contributed by atoms with Crippen molar-refractivity contribution in [3.05, 3.63) is 41.5 Å². The summed E-state index contributed by atoms with van der Waals surface area (Å²) in [5, 5.41) is 13.3. The SMILES string of the molecule is CC(C)Cc1noc(CN2CCN(C(=O)c3ccc(O)cc3)CC2)n1. The number of benzene rings is 1. The van der Waals surface area contributed by atoms with E-state index in [2.05, 4.69) is 28.9 Å². The predicted molar refractivity (Wildman–Crippen MR) is 92.1 cm³/mol. The smallest absolute Gasteiger partial charge is 0.253 e. The summed E-state index contributed by atoms with van der Waals surface area (Å²) in [6.45, 7) is 7.73. The van der Waals surface area contributed by atoms with Crippen LogP contribution in [0.3, 0.4) is 0 Å². The van der Waals surface area contributed by atoms with Gasteiger partial charge < -0.3 is 14.5 Å². The van der Waals surface area contributed by atoms with Crippen LogP contribution in [-0.4, -0.2) is 57.1 Å². The molecule has 7 nitrogen and oxygen atoms in total. The number of piperazine rings is 1. The van der Waals surface area contributed by atoms with Crippen molar-refractivity contribution in [3.8, 4) is 5.75 Å². The van der Waals surface area contributed by atoms with Crippen LogP contribution in [0.25, 0.3) is 0 Å². The van der Waals surface area contributed by atoms with Crippen LogP contribution >= 0.6 is 0 Å². The van der Waals surface area contributed by atoms with E-state index in [1.807, 2.05) is 4.90 Å². The quantitative estimate of drug-likeness (QED) is 0.892. The minimum Gasteiger partial charge on any atom is -0.508 e. The molecule has 1 N–H and O–H groups in total. The van der Waals surface area contributed by atoms with Crippen molar-refractivity contribution in [1.29, 1.82) is 0 Å². The molecular weight excluding hydrogens is 320 g/mol. The van der Waals surface area contributed by atoms with Gasteiger partial charge in [0.05, 0.1) is 6.54 Å². The first-order chi connectivity index (χ1) is 12.0. The van der Waals surface area contributed by atoms with E-state index in [1.54, 1.807) is 12.1 Å². The first kappa shape index (κ1) is 17.4. The second-order valence-electron chi connectivity index (χ2n) is 6.82. The number of amides is 1. The summed E-state index contributed by atoms with van der Waals surface area (Å²) in [5.74, 6) is 2.05. The van der Waals surface area contributed by atoms with E-state index >= 15 is 0 Å². The zero-order chi connectivity index (χ0) is 17.8. The third-order valence-corrected chi connectivity index (χ3v) is 4.23. The van der Waals surface area contributed by atoms with Crippen molar-refractivity contribution < 1.29 is 14.4 Å². The van der Waals surface area contributed by atoms with Crippen molar-refractivity contribution in [3.63, 3.8) is 0 Å². The molecule has 1 amide bonds. The van der Waals surface area contributed by atoms with Crippen LogP contribution in [-0.2, 0) is 13.0 Å². The van der Waals surface area contributed by atoms with Crippen molar-refractivity contribution in [2.75, 3.05) is 26.2 Å². The molecule has 1 aromatic carbocycles. The van der Waals surface area contributed by atoms with Gasteiger partial charge in [-0.3, -0.25) is 9.69 Å². The molecule has 25 heavy (non-hydrogen) atoms. The molecular formula is C18H24N4O3. The first-order valence-electron chi connectivity index (χ1n) is 8.63. The summed E-state index contributed by atoms with van der Waals surface area (Å²) in [7, 11) is 0. The monoisotopic (exact) mass is 344 g/mol. The summed E-state index contributed by atoms with van der Waals surface area (Å²) in [4.78, 5) is 20.9. The van der Waals surface area contributed by atoms with Gasteiger partial charge in [0, 0.05) is 38.2 Å². The average Bonchev–Trinajstić information content (AvgIpc) is 3.02. The van der Waals surface area contributed by atoms with E-state index in [0.717, 1.165) is 25.3 Å². The summed E-state index contributed by atoms with van der Waals surface area (Å²) in [6, 6.07) is 6.37. The lowest BCUT2D eigenvalue weighted by Gasteiger charge is -2.34. The van der Waals surface area contributed by atoms with Gasteiger partial charge in [0.15, 0.2) is 5.82 Å². The summed E-state index contributed by atoms with van der Waals surface area (Å²) < 4.78 is 5.32. The molecule has 2 heterocycles. The Morgan fingerprint density at radius 1 is 1.20 bits per heavy atom. The molecule has 2 aromatic rings. The summed E-state index contributed by atoms with van der Waals surface area (Å²) >= 11 is 0. The Bertz CT molecular complexity index is 703. The molecule has 1 aliphatic rings. The molecule has 134 valence electrons. The fourth-order valence-electron chi connectivity index (χ4n) is 2.89. The van der Waals surface area contributed by atoms with Gasteiger partial charge in [-0.15, -0.1) is 0 Å². The molecule has 3 rings (SSSR count). The van der Waals surface area contributed by atoms with E-state index in [4.69, 9.17) is 4.52 Å². The average molecular weight is 344 g/mol. The maximum absolute atomic E-state index is 12.5. The van der Waals surface area contributed by atoms with Crippen LogP contribution in [0.2, 0.25) is 0 Å². The Morgan fingerprint density at radius 2 is 1.88 bits per heavy atom. The maximum atomic E-state index is 12.5. The highest BCUT2D eigenvalue weighted by molar-refractivity contribution is 5.94. The molecule has 0 saturated carbocycles. The largest absolute Gasteiger partial charge is 0.508 e. The van der Waals surface area contributed by atoms with Gasteiger partial charge in [0.1, 0.15) is 5.75 Å². The fourth-order valence-corrected chi connectivity index (χ4v) is 2.89. The second-order valence-corrected chi connectivity index (χ2v) is 6.82. The molecule has 0 bridgehead atoms. The molecule has 0 radical (unpaired) electrons. The van der Waals surface area contributed by atoms with Crippen molar-refractivity contribution in [1.82, 2.24) is 19.9 Å². The third-order valence-electron chi connectivity index (χ3n) is 4.23. The van der Waals surface area contributed by atoms with E-state index in [-0.39, 0.29) is 11.7 Å². The summed E-state index contributed by atoms with van der Waals surface area (Å²) in [5.41, 5.74) is 0.599. The van der Waals surface area contributed by atoms with E-state index in [9.17, 15) is 9.90 Å². The zero-order valence-corrected chi connectivity index (χ0v) is 14.7. The lowest BCUT2D eigenvalue weighted by molar-refractivity contribution is 0.0615. The Balaban J connectivity index is 1.50. The zero-order valence-electron chi connectivity index (χ0n) is 14.7. The number of rotatable bonds is 5. The minimum absolute atomic E-state index is 0.00309. The molecule has 0 unspecified atom stereocenters. The van der Waals surface area contributed by atoms with E-state index in [0.29, 0.717) is 37.0 Å². The van der Waals surface area contributed by atoms with Crippen LogP contribution in [0.1, 0.15) is 35.9 Å². The molecule has 1 saturated heterocycles. The maximum Gasteiger partial charge on any atom is 0.253 e. The molecule has 0 spiro atoms. The first-order valence-corrected chi connectivity index (χ1v) is 8.63. The third kappa shape index (κ3) is 4.57. The number of hydrogen-bond donors (Lipinski definition) is 1. The van der Waals surface area contributed by atoms with Crippen molar-refractivity contribution in [2.45, 2.75) is 26.8 Å². The minimum atomic E-state index is -0.00309. The summed E-state index contributed by atoms with van der Waals surface area (Å²) in [6.07, 6.45) is 0.818. The van der Waals surface area contributed by atoms with E-state index < -0.39 is 0 Å². The van der Waals surface area contributed by atoms with Crippen molar-refractivity contribution >= 4 is 5.91 Å². The Kier molecular flexibility index (Phi) is 5.33. The van der Waals surface area contributed by atoms with Crippen LogP contribution in [0.4, 0.5) is 0 Å². The molecule has 0 aliphatic carbocycles. The van der Waals surface area contributed by atoms with Gasteiger partial charge in [0.2, 0.25) is 5.89 Å². The number of carbonyl (C=O) groups excluding carboxylic acids is 1. The predicted octanol–water partition coefficient (Wildman–Crippen LogP) is 1.93. The van der Waals surface area contributed by atoms with Gasteiger partial charge >= 0.3 is 0 Å². The highest BCUT2D eigenvalue weighted by Gasteiger charge is 2.23. The van der Waals surface area contributed by atoms with E-state index in [1.165, 1.54) is 12.1 Å². The number of phenols is 1. The molecule has 7 heteroatoms. The Hall–Kier alpha value is -2.41. The van der Waals surface area contributed by atoms with Gasteiger partial charge in [-0.25, -0.2) is 0 Å². The number of aromatic hydroxyl groups is 1. The molecule has 1 aromatic heterocycles. The van der Waals surface area contributed by atoms with Crippen LogP contribution in [0, 0.1) is 5.92 Å². The lowest BCUT2D eigenvalue weighted by Crippen LogP contribution is -2.48. The highest BCUT2D eigenvalue weighted by atomic mass is 16.5. The normalized spacial score (nSPS) is 15.7. The molecule has 1 aliphatic heterocycles. The number of aromatic nitrogens is 2. The second kappa shape index (κ2) is 7.65. The van der Waals surface area contributed by atoms with Gasteiger partial charge in [0.25, 0.3) is 5.91 Å². The lowest BCUT2D eigenvalue weighted by atomic mass is 10.1. The van der Waals surface area contributed by atoms with Crippen LogP contribution in [0.5, 0.6) is 5.75 Å².